The molecule has 0 bridgehead atoms. The summed E-state index contributed by atoms with van der Waals surface area (Å²) in [5.74, 6) is 0.700. The van der Waals surface area contributed by atoms with Gasteiger partial charge in [0.05, 0.1) is 6.33 Å². The molecule has 0 amide bonds. The Kier molecular flexibility index (Phi) is 3.24. The van der Waals surface area contributed by atoms with E-state index in [0.29, 0.717) is 11.9 Å². The lowest BCUT2D eigenvalue weighted by Crippen LogP contribution is -2.48. The summed E-state index contributed by atoms with van der Waals surface area (Å²) in [7, 11) is 1.96. The predicted molar refractivity (Wildman–Crippen MR) is 63.5 cm³/mol. The lowest BCUT2D eigenvalue weighted by atomic mass is 9.90. The molecule has 2 unspecified atom stereocenters. The summed E-state index contributed by atoms with van der Waals surface area (Å²) >= 11 is 0. The normalized spacial score (nSPS) is 25.4. The number of nitrogens with one attached hydrogen (secondary N) is 1. The Hall–Kier alpha value is -1.36. The van der Waals surface area contributed by atoms with E-state index in [4.69, 9.17) is 5.73 Å². The van der Waals surface area contributed by atoms with E-state index < -0.39 is 0 Å². The number of hydrogen-bond acceptors (Lipinski definition) is 4. The zero-order valence-electron chi connectivity index (χ0n) is 9.52. The van der Waals surface area contributed by atoms with Gasteiger partial charge in [-0.25, -0.2) is 4.98 Å². The van der Waals surface area contributed by atoms with E-state index in [2.05, 4.69) is 9.97 Å². The van der Waals surface area contributed by atoms with Gasteiger partial charge < -0.3 is 15.6 Å². The highest BCUT2D eigenvalue weighted by Crippen LogP contribution is 2.23. The number of hydrogen-bond donors (Lipinski definition) is 2. The molecule has 1 aromatic rings. The maximum Gasteiger partial charge on any atom is 0.252 e. The Labute approximate surface area is 94.7 Å². The Bertz CT molecular complexity index is 403. The topological polar surface area (TPSA) is 75.0 Å². The maximum atomic E-state index is 11.2. The maximum absolute atomic E-state index is 11.2. The van der Waals surface area contributed by atoms with Crippen molar-refractivity contribution in [1.29, 1.82) is 0 Å². The van der Waals surface area contributed by atoms with Crippen LogP contribution in [-0.4, -0.2) is 29.1 Å². The average molecular weight is 222 g/mol. The second kappa shape index (κ2) is 4.65. The Morgan fingerprint density at radius 1 is 1.50 bits per heavy atom. The molecule has 1 saturated carbocycles. The number of anilines is 1. The van der Waals surface area contributed by atoms with Crippen molar-refractivity contribution in [2.24, 2.45) is 5.73 Å². The van der Waals surface area contributed by atoms with E-state index >= 15 is 0 Å². The molecule has 1 aromatic heterocycles. The third kappa shape index (κ3) is 2.24. The molecule has 5 nitrogen and oxygen atoms in total. The SMILES string of the molecule is CN(c1cc(=O)[nH]cn1)C1CCCCC1N. The Morgan fingerprint density at radius 3 is 2.94 bits per heavy atom. The van der Waals surface area contributed by atoms with Gasteiger partial charge in [0.1, 0.15) is 5.82 Å². The van der Waals surface area contributed by atoms with Crippen LogP contribution in [0.1, 0.15) is 25.7 Å². The van der Waals surface area contributed by atoms with Gasteiger partial charge in [-0.2, -0.15) is 0 Å². The summed E-state index contributed by atoms with van der Waals surface area (Å²) in [6.07, 6.45) is 5.97. The van der Waals surface area contributed by atoms with Crippen molar-refractivity contribution in [3.05, 3.63) is 22.7 Å². The van der Waals surface area contributed by atoms with Gasteiger partial charge in [-0.3, -0.25) is 4.79 Å². The third-order valence-corrected chi connectivity index (χ3v) is 3.30. The molecule has 2 rings (SSSR count). The van der Waals surface area contributed by atoms with Crippen LogP contribution >= 0.6 is 0 Å². The van der Waals surface area contributed by atoms with E-state index in [1.807, 2.05) is 11.9 Å². The summed E-state index contributed by atoms with van der Waals surface area (Å²) in [6.45, 7) is 0. The zero-order chi connectivity index (χ0) is 11.5. The number of likely N-dealkylation sites (N-methyl/N-ethyl adjacent to an activating group) is 1. The van der Waals surface area contributed by atoms with E-state index in [1.165, 1.54) is 25.2 Å². The third-order valence-electron chi connectivity index (χ3n) is 3.30. The first-order valence-electron chi connectivity index (χ1n) is 5.71. The Balaban J connectivity index is 2.17. The van der Waals surface area contributed by atoms with Gasteiger partial charge in [-0.05, 0) is 12.8 Å². The molecule has 5 heteroatoms. The second-order valence-electron chi connectivity index (χ2n) is 4.40. The fourth-order valence-corrected chi connectivity index (χ4v) is 2.34. The summed E-state index contributed by atoms with van der Waals surface area (Å²) in [4.78, 5) is 19.9. The second-order valence-corrected chi connectivity index (χ2v) is 4.40. The zero-order valence-corrected chi connectivity index (χ0v) is 9.52. The van der Waals surface area contributed by atoms with Crippen molar-refractivity contribution in [2.75, 3.05) is 11.9 Å². The standard InChI is InChI=1S/C11H18N4O/c1-15(9-5-3-2-4-8(9)12)10-6-11(16)14-7-13-10/h6-9H,2-5,12H2,1H3,(H,13,14,16). The molecule has 2 atom stereocenters. The molecule has 1 aliphatic carbocycles. The van der Waals surface area contributed by atoms with Crippen LogP contribution in [-0.2, 0) is 0 Å². The van der Waals surface area contributed by atoms with Crippen molar-refractivity contribution in [3.8, 4) is 0 Å². The fourth-order valence-electron chi connectivity index (χ4n) is 2.34. The lowest BCUT2D eigenvalue weighted by Gasteiger charge is -2.36. The minimum Gasteiger partial charge on any atom is -0.355 e. The number of rotatable bonds is 2. The molecule has 0 spiro atoms. The molecule has 88 valence electrons. The van der Waals surface area contributed by atoms with E-state index in [1.54, 1.807) is 0 Å². The number of aromatic amines is 1. The first-order chi connectivity index (χ1) is 7.68. The van der Waals surface area contributed by atoms with E-state index in [9.17, 15) is 4.79 Å². The lowest BCUT2D eigenvalue weighted by molar-refractivity contribution is 0.372. The van der Waals surface area contributed by atoms with Gasteiger partial charge in [0.25, 0.3) is 5.56 Å². The summed E-state index contributed by atoms with van der Waals surface area (Å²) in [5.41, 5.74) is 5.98. The van der Waals surface area contributed by atoms with Crippen molar-refractivity contribution >= 4 is 5.82 Å². The molecule has 1 fully saturated rings. The smallest absolute Gasteiger partial charge is 0.252 e. The van der Waals surface area contributed by atoms with Gasteiger partial charge in [-0.15, -0.1) is 0 Å². The fraction of sp³-hybridized carbons (Fsp3) is 0.636. The van der Waals surface area contributed by atoms with Crippen LogP contribution in [0.5, 0.6) is 0 Å². The van der Waals surface area contributed by atoms with Crippen LogP contribution in [0, 0.1) is 0 Å². The summed E-state index contributed by atoms with van der Waals surface area (Å²) < 4.78 is 0. The predicted octanol–water partition coefficient (Wildman–Crippen LogP) is 0.476. The van der Waals surface area contributed by atoms with Crippen LogP contribution in [0.4, 0.5) is 5.82 Å². The molecular formula is C11H18N4O. The first-order valence-corrected chi connectivity index (χ1v) is 5.71. The van der Waals surface area contributed by atoms with Crippen molar-refractivity contribution in [3.63, 3.8) is 0 Å². The van der Waals surface area contributed by atoms with Crippen molar-refractivity contribution in [2.45, 2.75) is 37.8 Å². The van der Waals surface area contributed by atoms with Crippen LogP contribution < -0.4 is 16.2 Å². The minimum absolute atomic E-state index is 0.124. The molecule has 0 saturated heterocycles. The minimum atomic E-state index is -0.124. The Morgan fingerprint density at radius 2 is 2.25 bits per heavy atom. The van der Waals surface area contributed by atoms with Crippen LogP contribution in [0.3, 0.4) is 0 Å². The highest BCUT2D eigenvalue weighted by atomic mass is 16.1. The molecule has 16 heavy (non-hydrogen) atoms. The van der Waals surface area contributed by atoms with Crippen LogP contribution in [0.2, 0.25) is 0 Å². The number of H-pyrrole nitrogens is 1. The monoisotopic (exact) mass is 222 g/mol. The van der Waals surface area contributed by atoms with Gasteiger partial charge in [-0.1, -0.05) is 12.8 Å². The highest BCUT2D eigenvalue weighted by Gasteiger charge is 2.26. The quantitative estimate of drug-likeness (QED) is 0.763. The van der Waals surface area contributed by atoms with E-state index in [0.717, 1.165) is 12.8 Å². The van der Waals surface area contributed by atoms with Gasteiger partial charge in [0, 0.05) is 25.2 Å². The number of nitrogens with zero attached hydrogens (tertiary/aromatic N) is 2. The highest BCUT2D eigenvalue weighted by molar-refractivity contribution is 5.37. The summed E-state index contributed by atoms with van der Waals surface area (Å²) in [6, 6.07) is 1.99. The molecular weight excluding hydrogens is 204 g/mol. The van der Waals surface area contributed by atoms with Crippen molar-refractivity contribution < 1.29 is 0 Å². The van der Waals surface area contributed by atoms with Crippen LogP contribution in [0.25, 0.3) is 0 Å². The largest absolute Gasteiger partial charge is 0.355 e. The average Bonchev–Trinajstić information content (AvgIpc) is 2.29. The molecule has 1 heterocycles. The van der Waals surface area contributed by atoms with Crippen molar-refractivity contribution in [1.82, 2.24) is 9.97 Å². The number of aromatic nitrogens is 2. The van der Waals surface area contributed by atoms with Gasteiger partial charge in [0.15, 0.2) is 0 Å². The van der Waals surface area contributed by atoms with Gasteiger partial charge in [0.2, 0.25) is 0 Å². The molecule has 0 aromatic carbocycles. The first kappa shape index (κ1) is 11.1. The van der Waals surface area contributed by atoms with Gasteiger partial charge >= 0.3 is 0 Å². The molecule has 1 aliphatic rings. The van der Waals surface area contributed by atoms with Crippen LogP contribution in [0.15, 0.2) is 17.2 Å². The summed E-state index contributed by atoms with van der Waals surface area (Å²) in [5, 5.41) is 0. The number of nitrogens with two attached hydrogens (primary N) is 1. The van der Waals surface area contributed by atoms with E-state index in [-0.39, 0.29) is 11.6 Å². The molecule has 0 aliphatic heterocycles. The molecule has 3 N–H and O–H groups in total. The molecule has 0 radical (unpaired) electrons.